The fraction of sp³-hybridized carbons (Fsp3) is 0.265. The van der Waals surface area contributed by atoms with Crippen LogP contribution in [0.5, 0.6) is 0 Å². The van der Waals surface area contributed by atoms with E-state index in [0.29, 0.717) is 6.42 Å². The predicted octanol–water partition coefficient (Wildman–Crippen LogP) is 3.16. The minimum absolute atomic E-state index is 0.0483. The maximum atomic E-state index is 13.1. The molecular formula is C34H34N6O6Si. The number of nitrogens with one attached hydrogen (secondary N) is 1. The molecule has 1 fully saturated rings. The average Bonchev–Trinajstić information content (AvgIpc) is 3.73. The van der Waals surface area contributed by atoms with Crippen LogP contribution in [0.2, 0.25) is 5.04 Å². The molecule has 240 valence electrons. The lowest BCUT2D eigenvalue weighted by Crippen LogP contribution is -2.68. The van der Waals surface area contributed by atoms with Crippen molar-refractivity contribution in [2.45, 2.75) is 50.7 Å². The first-order valence-electron chi connectivity index (χ1n) is 15.4. The Balaban J connectivity index is 1.28. The number of hydroxylamine groups is 2. The predicted molar refractivity (Wildman–Crippen MR) is 176 cm³/mol. The fourth-order valence-corrected chi connectivity index (χ4v) is 11.4. The van der Waals surface area contributed by atoms with Gasteiger partial charge in [0.15, 0.2) is 11.2 Å². The van der Waals surface area contributed by atoms with Gasteiger partial charge in [0.1, 0.15) is 18.9 Å². The van der Waals surface area contributed by atoms with E-state index in [4.69, 9.17) is 19.7 Å². The van der Waals surface area contributed by atoms with Gasteiger partial charge >= 0.3 is 0 Å². The molecule has 0 spiro atoms. The van der Waals surface area contributed by atoms with Crippen LogP contribution in [0.25, 0.3) is 11.2 Å². The van der Waals surface area contributed by atoms with Gasteiger partial charge in [-0.1, -0.05) is 93.6 Å². The molecule has 3 atom stereocenters. The van der Waals surface area contributed by atoms with Crippen LogP contribution in [0.1, 0.15) is 54.1 Å². The number of fused-ring (bicyclic) bond motifs is 2. The van der Waals surface area contributed by atoms with Gasteiger partial charge in [-0.25, -0.2) is 4.98 Å². The van der Waals surface area contributed by atoms with E-state index in [9.17, 15) is 14.4 Å². The molecule has 1 saturated heterocycles. The summed E-state index contributed by atoms with van der Waals surface area (Å²) in [6.45, 7) is 6.38. The summed E-state index contributed by atoms with van der Waals surface area (Å²) in [6, 6.07) is 27.0. The third-order valence-corrected chi connectivity index (χ3v) is 13.9. The van der Waals surface area contributed by atoms with Gasteiger partial charge in [0, 0.05) is 6.42 Å². The Morgan fingerprint density at radius 3 is 2.06 bits per heavy atom. The summed E-state index contributed by atoms with van der Waals surface area (Å²) in [5.74, 6) is -1.12. The molecule has 7 rings (SSSR count). The number of ether oxygens (including phenoxy) is 1. The minimum atomic E-state index is -3.08. The second-order valence-corrected chi connectivity index (χ2v) is 17.0. The molecule has 3 N–H and O–H groups in total. The molecule has 2 aliphatic heterocycles. The molecule has 2 amide bonds. The van der Waals surface area contributed by atoms with E-state index >= 15 is 0 Å². The molecule has 0 radical (unpaired) electrons. The highest BCUT2D eigenvalue weighted by atomic mass is 28.4. The van der Waals surface area contributed by atoms with Gasteiger partial charge in [0.2, 0.25) is 5.95 Å². The van der Waals surface area contributed by atoms with Crippen LogP contribution in [0.4, 0.5) is 5.95 Å². The molecule has 0 aliphatic carbocycles. The monoisotopic (exact) mass is 650 g/mol. The summed E-state index contributed by atoms with van der Waals surface area (Å²) in [4.78, 5) is 55.9. The molecule has 0 bridgehead atoms. The van der Waals surface area contributed by atoms with Crippen molar-refractivity contribution in [2.75, 3.05) is 12.3 Å². The molecule has 2 aliphatic rings. The number of imide groups is 1. The van der Waals surface area contributed by atoms with Crippen LogP contribution in [-0.2, 0) is 14.0 Å². The lowest BCUT2D eigenvalue weighted by molar-refractivity contribution is -0.139. The minimum Gasteiger partial charge on any atom is -0.402 e. The first-order valence-corrected chi connectivity index (χ1v) is 17.3. The highest BCUT2D eigenvalue weighted by molar-refractivity contribution is 6.99. The van der Waals surface area contributed by atoms with Crippen molar-refractivity contribution in [3.05, 3.63) is 113 Å². The van der Waals surface area contributed by atoms with Crippen molar-refractivity contribution in [3.63, 3.8) is 0 Å². The number of nitrogen functional groups attached to an aromatic ring is 1. The van der Waals surface area contributed by atoms with Gasteiger partial charge < -0.3 is 14.9 Å². The van der Waals surface area contributed by atoms with E-state index in [-0.39, 0.29) is 39.9 Å². The standard InChI is InChI=1S/C34H34N6O6Si/c1-34(2,3)47(21-12-6-4-7-13-21,22-14-8-5-9-15-22)46-25-18-27(39-20-36-28-29(39)37-33(35)38-30(28)41)45-26(25)19-44-40-31(42)23-16-10-11-17-24(23)32(40)43/h4-17,20,25-27H,18-19H2,1-3H3,(H3,35,37,38,41)/t25-,26+,27+/m0/s1. The zero-order chi connectivity index (χ0) is 32.9. The maximum Gasteiger partial charge on any atom is 0.285 e. The number of rotatable bonds is 8. The van der Waals surface area contributed by atoms with Crippen molar-refractivity contribution < 1.29 is 23.6 Å². The fourth-order valence-electron chi connectivity index (χ4n) is 6.65. The van der Waals surface area contributed by atoms with E-state index in [1.54, 1.807) is 28.8 Å². The highest BCUT2D eigenvalue weighted by Gasteiger charge is 2.54. The number of carbonyl (C=O) groups is 2. The second-order valence-electron chi connectivity index (χ2n) is 12.7. The summed E-state index contributed by atoms with van der Waals surface area (Å²) in [6.07, 6.45) is -0.154. The van der Waals surface area contributed by atoms with Crippen molar-refractivity contribution >= 4 is 47.6 Å². The normalized spacial score (nSPS) is 19.9. The number of aromatic amines is 1. The van der Waals surface area contributed by atoms with Crippen LogP contribution in [0.3, 0.4) is 0 Å². The molecule has 47 heavy (non-hydrogen) atoms. The smallest absolute Gasteiger partial charge is 0.285 e. The van der Waals surface area contributed by atoms with E-state index in [2.05, 4.69) is 60.0 Å². The summed E-state index contributed by atoms with van der Waals surface area (Å²) >= 11 is 0. The number of aromatic nitrogens is 4. The molecule has 2 aromatic heterocycles. The number of hydrogen-bond donors (Lipinski definition) is 2. The first kappa shape index (κ1) is 30.7. The van der Waals surface area contributed by atoms with Crippen molar-refractivity contribution in [3.8, 4) is 0 Å². The van der Waals surface area contributed by atoms with Crippen molar-refractivity contribution in [1.29, 1.82) is 0 Å². The Morgan fingerprint density at radius 2 is 1.49 bits per heavy atom. The molecule has 4 heterocycles. The van der Waals surface area contributed by atoms with Crippen LogP contribution < -0.4 is 21.7 Å². The van der Waals surface area contributed by atoms with Gasteiger partial charge in [0.05, 0.1) is 23.6 Å². The van der Waals surface area contributed by atoms with Crippen LogP contribution in [0.15, 0.2) is 96.1 Å². The van der Waals surface area contributed by atoms with Gasteiger partial charge in [-0.05, 0) is 27.5 Å². The van der Waals surface area contributed by atoms with Gasteiger partial charge in [-0.2, -0.15) is 4.98 Å². The number of imidazole rings is 1. The third-order valence-electron chi connectivity index (χ3n) is 8.81. The van der Waals surface area contributed by atoms with E-state index in [1.807, 2.05) is 36.4 Å². The Morgan fingerprint density at radius 1 is 0.915 bits per heavy atom. The summed E-state index contributed by atoms with van der Waals surface area (Å²) < 4.78 is 15.7. The summed E-state index contributed by atoms with van der Waals surface area (Å²) in [5.41, 5.74) is 6.37. The van der Waals surface area contributed by atoms with E-state index < -0.39 is 44.1 Å². The zero-order valence-electron chi connectivity index (χ0n) is 26.1. The molecule has 12 nitrogen and oxygen atoms in total. The van der Waals surface area contributed by atoms with Crippen LogP contribution in [-0.4, -0.2) is 63.5 Å². The number of H-pyrrole nitrogens is 1. The Bertz CT molecular complexity index is 1950. The lowest BCUT2D eigenvalue weighted by atomic mass is 10.1. The largest absolute Gasteiger partial charge is 0.402 e. The molecule has 0 unspecified atom stereocenters. The topological polar surface area (TPSA) is 155 Å². The first-order chi connectivity index (χ1) is 22.6. The maximum absolute atomic E-state index is 13.1. The quantitative estimate of drug-likeness (QED) is 0.190. The van der Waals surface area contributed by atoms with Crippen molar-refractivity contribution in [1.82, 2.24) is 24.6 Å². The van der Waals surface area contributed by atoms with Crippen molar-refractivity contribution in [2.24, 2.45) is 0 Å². The number of nitrogens with zero attached hydrogens (tertiary/aromatic N) is 4. The van der Waals surface area contributed by atoms with E-state index in [0.717, 1.165) is 15.4 Å². The molecular weight excluding hydrogens is 616 g/mol. The number of benzene rings is 3. The summed E-state index contributed by atoms with van der Waals surface area (Å²) in [5, 5.41) is 2.61. The Hall–Kier alpha value is -4.95. The Labute approximate surface area is 271 Å². The lowest BCUT2D eigenvalue weighted by Gasteiger charge is -2.45. The number of anilines is 1. The molecule has 13 heteroatoms. The third kappa shape index (κ3) is 5.17. The molecule has 5 aromatic rings. The van der Waals surface area contributed by atoms with Gasteiger partial charge in [-0.15, -0.1) is 5.06 Å². The Kier molecular flexibility index (Phi) is 7.63. The van der Waals surface area contributed by atoms with Gasteiger partial charge in [0.25, 0.3) is 25.7 Å². The SMILES string of the molecule is CC(C)(C)[Si](O[C@H]1C[C@H](n2cnc3c(=O)[nH]c(N)nc32)O[C@@H]1CON1C(=O)c2ccccc2C1=O)(c1ccccc1)c1ccccc1. The highest BCUT2D eigenvalue weighted by Crippen LogP contribution is 2.42. The zero-order valence-corrected chi connectivity index (χ0v) is 27.1. The number of nitrogens with two attached hydrogens (primary N) is 1. The summed E-state index contributed by atoms with van der Waals surface area (Å²) in [7, 11) is -3.08. The molecule has 0 saturated carbocycles. The number of amides is 2. The number of hydrogen-bond acceptors (Lipinski definition) is 9. The van der Waals surface area contributed by atoms with Crippen LogP contribution in [0, 0.1) is 0 Å². The second kappa shape index (κ2) is 11.7. The van der Waals surface area contributed by atoms with E-state index in [1.165, 1.54) is 6.33 Å². The van der Waals surface area contributed by atoms with Crippen LogP contribution >= 0.6 is 0 Å². The molecule has 3 aromatic carbocycles. The van der Waals surface area contributed by atoms with Gasteiger partial charge in [-0.3, -0.25) is 28.8 Å². The number of carbonyl (C=O) groups excluding carboxylic acids is 2. The average molecular weight is 651 g/mol.